The Morgan fingerprint density at radius 3 is 2.49 bits per heavy atom. The molecule has 1 amide bonds. The van der Waals surface area contributed by atoms with Crippen LogP contribution in [0.4, 0.5) is 17.6 Å². The maximum absolute atomic E-state index is 14.6. The van der Waals surface area contributed by atoms with Crippen LogP contribution < -0.4 is 5.73 Å². The number of carboxylic acid groups (broad SMARTS) is 1. The molecule has 6 nitrogen and oxygen atoms in total. The average molecular weight is 511 g/mol. The van der Waals surface area contributed by atoms with Crippen molar-refractivity contribution in [3.8, 4) is 0 Å². The summed E-state index contributed by atoms with van der Waals surface area (Å²) in [5.74, 6) is -3.20. The molecule has 1 aliphatic heterocycles. The Morgan fingerprint density at radius 1 is 1.17 bits per heavy atom. The molecule has 0 aromatic heterocycles. The number of rotatable bonds is 4. The predicted octanol–water partition coefficient (Wildman–Crippen LogP) is 5.14. The Hall–Kier alpha value is -3.24. The number of nitrogens with zero attached hydrogens (tertiary/aromatic N) is 1. The van der Waals surface area contributed by atoms with Crippen LogP contribution >= 0.6 is 11.6 Å². The summed E-state index contributed by atoms with van der Waals surface area (Å²) in [5, 5.41) is 8.86. The van der Waals surface area contributed by atoms with Crippen molar-refractivity contribution in [3.05, 3.63) is 75.1 Å². The van der Waals surface area contributed by atoms with Crippen LogP contribution in [0.5, 0.6) is 0 Å². The summed E-state index contributed by atoms with van der Waals surface area (Å²) in [6, 6.07) is 7.08. The molecule has 11 heteroatoms. The number of hydrogen-bond acceptors (Lipinski definition) is 4. The van der Waals surface area contributed by atoms with Crippen molar-refractivity contribution in [1.29, 1.82) is 0 Å². The predicted molar refractivity (Wildman–Crippen MR) is 120 cm³/mol. The highest BCUT2D eigenvalue weighted by Gasteiger charge is 2.65. The Morgan fingerprint density at radius 2 is 1.89 bits per heavy atom. The Kier molecular flexibility index (Phi) is 6.46. The number of halogens is 5. The quantitative estimate of drug-likeness (QED) is 0.554. The number of carbonyl (C=O) groups is 2. The van der Waals surface area contributed by atoms with Gasteiger partial charge in [-0.2, -0.15) is 13.2 Å². The second-order valence-corrected chi connectivity index (χ2v) is 8.71. The van der Waals surface area contributed by atoms with Crippen LogP contribution in [-0.2, 0) is 10.2 Å². The van der Waals surface area contributed by atoms with Crippen molar-refractivity contribution in [2.24, 2.45) is 10.7 Å². The molecule has 0 radical (unpaired) electrons. The molecule has 1 saturated heterocycles. The molecule has 1 saturated carbocycles. The van der Waals surface area contributed by atoms with E-state index in [1.807, 2.05) is 0 Å². The van der Waals surface area contributed by atoms with E-state index in [0.29, 0.717) is 0 Å². The lowest BCUT2D eigenvalue weighted by Gasteiger charge is -2.23. The SMILES string of the molecule is NC(=C1CCOCC1=NC(=O)c1c(Cl)cccc1C1(C(F)(F)F)CC1)c1ccc(C(=O)O)cc1F. The Bertz CT molecular complexity index is 1280. The van der Waals surface area contributed by atoms with E-state index in [9.17, 15) is 27.2 Å². The van der Waals surface area contributed by atoms with Crippen LogP contribution in [0.2, 0.25) is 5.02 Å². The lowest BCUT2D eigenvalue weighted by Crippen LogP contribution is -2.31. The van der Waals surface area contributed by atoms with E-state index in [-0.39, 0.29) is 76.7 Å². The normalized spacial score (nSPS) is 20.0. The van der Waals surface area contributed by atoms with Gasteiger partial charge in [-0.25, -0.2) is 14.2 Å². The summed E-state index contributed by atoms with van der Waals surface area (Å²) in [7, 11) is 0. The first kappa shape index (κ1) is 24.9. The number of hydrogen-bond donors (Lipinski definition) is 2. The first-order chi connectivity index (χ1) is 16.5. The molecule has 4 rings (SSSR count). The van der Waals surface area contributed by atoms with Crippen molar-refractivity contribution >= 4 is 34.9 Å². The molecule has 184 valence electrons. The Balaban J connectivity index is 1.77. The minimum absolute atomic E-state index is 0.0307. The van der Waals surface area contributed by atoms with Gasteiger partial charge < -0.3 is 15.6 Å². The molecule has 2 aliphatic rings. The molecule has 3 N–H and O–H groups in total. The summed E-state index contributed by atoms with van der Waals surface area (Å²) in [5.41, 5.74) is 3.28. The highest BCUT2D eigenvalue weighted by atomic mass is 35.5. The number of nitrogens with two attached hydrogens (primary N) is 1. The van der Waals surface area contributed by atoms with Gasteiger partial charge in [-0.05, 0) is 49.1 Å². The average Bonchev–Trinajstić information content (AvgIpc) is 3.61. The molecule has 1 aliphatic carbocycles. The molecule has 1 heterocycles. The number of carbonyl (C=O) groups excluding carboxylic acids is 1. The first-order valence-electron chi connectivity index (χ1n) is 10.5. The molecule has 0 unspecified atom stereocenters. The van der Waals surface area contributed by atoms with Gasteiger partial charge in [0.05, 0.1) is 40.5 Å². The fourth-order valence-corrected chi connectivity index (χ4v) is 4.40. The summed E-state index contributed by atoms with van der Waals surface area (Å²) in [4.78, 5) is 28.2. The van der Waals surface area contributed by atoms with E-state index >= 15 is 0 Å². The van der Waals surface area contributed by atoms with Crippen LogP contribution in [0.1, 0.15) is 51.1 Å². The van der Waals surface area contributed by atoms with Gasteiger partial charge in [-0.15, -0.1) is 0 Å². The maximum atomic E-state index is 14.6. The fraction of sp³-hybridized carbons (Fsp3) is 0.292. The van der Waals surface area contributed by atoms with Gasteiger partial charge in [0.1, 0.15) is 5.82 Å². The standard InChI is InChI=1S/C24H19ClF4N2O4/c25-16-3-1-2-15(23(7-8-23)24(27,28)29)19(16)21(32)31-18-11-35-9-6-14(18)20(30)13-5-4-12(22(33)34)10-17(13)26/h1-5,10H,6-9,11,30H2,(H,33,34). The zero-order valence-electron chi connectivity index (χ0n) is 18.1. The highest BCUT2D eigenvalue weighted by molar-refractivity contribution is 6.34. The van der Waals surface area contributed by atoms with Crippen LogP contribution in [0, 0.1) is 5.82 Å². The van der Waals surface area contributed by atoms with Crippen LogP contribution in [0.25, 0.3) is 5.70 Å². The number of aromatic carboxylic acids is 1. The smallest absolute Gasteiger partial charge is 0.398 e. The number of amides is 1. The van der Waals surface area contributed by atoms with Crippen molar-refractivity contribution < 1.29 is 37.0 Å². The lowest BCUT2D eigenvalue weighted by molar-refractivity contribution is -0.160. The van der Waals surface area contributed by atoms with Crippen molar-refractivity contribution in [2.45, 2.75) is 30.9 Å². The minimum atomic E-state index is -4.57. The second kappa shape index (κ2) is 9.09. The molecule has 0 bridgehead atoms. The number of ether oxygens (including phenoxy) is 1. The fourth-order valence-electron chi connectivity index (χ4n) is 4.14. The minimum Gasteiger partial charge on any atom is -0.478 e. The molecule has 2 aromatic carbocycles. The van der Waals surface area contributed by atoms with Gasteiger partial charge in [0.15, 0.2) is 0 Å². The van der Waals surface area contributed by atoms with Gasteiger partial charge in [-0.1, -0.05) is 23.7 Å². The number of benzene rings is 2. The molecule has 0 atom stereocenters. The zero-order chi connectivity index (χ0) is 25.5. The number of alkyl halides is 3. The van der Waals surface area contributed by atoms with Gasteiger partial charge in [0.2, 0.25) is 0 Å². The van der Waals surface area contributed by atoms with Crippen LogP contribution in [-0.4, -0.2) is 42.1 Å². The van der Waals surface area contributed by atoms with Crippen LogP contribution in [0.3, 0.4) is 0 Å². The first-order valence-corrected chi connectivity index (χ1v) is 10.9. The maximum Gasteiger partial charge on any atom is 0.398 e. The zero-order valence-corrected chi connectivity index (χ0v) is 18.8. The largest absolute Gasteiger partial charge is 0.478 e. The molecular weight excluding hydrogens is 492 g/mol. The van der Waals surface area contributed by atoms with E-state index in [1.165, 1.54) is 30.3 Å². The summed E-state index contributed by atoms with van der Waals surface area (Å²) in [6.07, 6.45) is -4.75. The van der Waals surface area contributed by atoms with E-state index < -0.39 is 29.3 Å². The van der Waals surface area contributed by atoms with Crippen LogP contribution in [0.15, 0.2) is 47.0 Å². The lowest BCUT2D eigenvalue weighted by atomic mass is 9.90. The third-order valence-electron chi connectivity index (χ3n) is 6.19. The monoisotopic (exact) mass is 510 g/mol. The van der Waals surface area contributed by atoms with Crippen molar-refractivity contribution in [2.75, 3.05) is 13.2 Å². The molecule has 2 aromatic rings. The molecular formula is C24H19ClF4N2O4. The van der Waals surface area contributed by atoms with E-state index in [1.54, 1.807) is 0 Å². The highest BCUT2D eigenvalue weighted by Crippen LogP contribution is 2.60. The molecule has 0 spiro atoms. The van der Waals surface area contributed by atoms with Crippen molar-refractivity contribution in [1.82, 2.24) is 0 Å². The van der Waals surface area contributed by atoms with Gasteiger partial charge in [0.25, 0.3) is 5.91 Å². The summed E-state index contributed by atoms with van der Waals surface area (Å²) in [6.45, 7) is 0.00734. The summed E-state index contributed by atoms with van der Waals surface area (Å²) < 4.78 is 61.3. The molecule has 35 heavy (non-hydrogen) atoms. The Labute approximate surface area is 202 Å². The van der Waals surface area contributed by atoms with Gasteiger partial charge in [-0.3, -0.25) is 4.79 Å². The topological polar surface area (TPSA) is 102 Å². The number of carboxylic acids is 1. The van der Waals surface area contributed by atoms with E-state index in [4.69, 9.17) is 27.2 Å². The van der Waals surface area contributed by atoms with Gasteiger partial charge in [0, 0.05) is 16.8 Å². The second-order valence-electron chi connectivity index (χ2n) is 8.30. The summed E-state index contributed by atoms with van der Waals surface area (Å²) >= 11 is 6.16. The van der Waals surface area contributed by atoms with Gasteiger partial charge >= 0.3 is 12.1 Å². The molecule has 2 fully saturated rings. The number of aliphatic imine (C=N–C) groups is 1. The third-order valence-corrected chi connectivity index (χ3v) is 6.50. The van der Waals surface area contributed by atoms with E-state index in [2.05, 4.69) is 4.99 Å². The van der Waals surface area contributed by atoms with E-state index in [0.717, 1.165) is 6.07 Å². The third kappa shape index (κ3) is 4.55. The van der Waals surface area contributed by atoms with Crippen molar-refractivity contribution in [3.63, 3.8) is 0 Å².